The second-order valence-electron chi connectivity index (χ2n) is 5.45. The van der Waals surface area contributed by atoms with Crippen molar-refractivity contribution in [1.82, 2.24) is 5.32 Å². The van der Waals surface area contributed by atoms with Crippen LogP contribution in [0.3, 0.4) is 0 Å². The van der Waals surface area contributed by atoms with Crippen LogP contribution in [0.25, 0.3) is 0 Å². The van der Waals surface area contributed by atoms with E-state index in [1.165, 1.54) is 0 Å². The van der Waals surface area contributed by atoms with Crippen molar-refractivity contribution in [2.75, 3.05) is 13.2 Å². The molecule has 0 aliphatic rings. The maximum absolute atomic E-state index is 11.4. The van der Waals surface area contributed by atoms with Crippen LogP contribution in [0, 0.1) is 11.8 Å². The summed E-state index contributed by atoms with van der Waals surface area (Å²) in [5.74, 6) is 0.371. The zero-order chi connectivity index (χ0) is 13.5. The van der Waals surface area contributed by atoms with Crippen LogP contribution in [0.4, 0.5) is 4.79 Å². The number of carbonyl (C=O) groups is 1. The van der Waals surface area contributed by atoms with Crippen LogP contribution in [-0.4, -0.2) is 30.0 Å². The second-order valence-corrected chi connectivity index (χ2v) is 5.45. The second kappa shape index (κ2) is 7.33. The van der Waals surface area contributed by atoms with Gasteiger partial charge in [-0.05, 0) is 26.7 Å². The first kappa shape index (κ1) is 16.0. The summed E-state index contributed by atoms with van der Waals surface area (Å²) in [6.07, 6.45) is 3.48. The van der Waals surface area contributed by atoms with E-state index >= 15 is 0 Å². The molecule has 0 aromatic carbocycles. The van der Waals surface area contributed by atoms with Crippen molar-refractivity contribution in [2.45, 2.75) is 40.2 Å². The number of ether oxygens (including phenoxy) is 1. The summed E-state index contributed by atoms with van der Waals surface area (Å²) >= 11 is 0. The zero-order valence-electron chi connectivity index (χ0n) is 11.5. The molecular formula is C13H25NO3. The van der Waals surface area contributed by atoms with Crippen molar-refractivity contribution in [3.05, 3.63) is 12.2 Å². The van der Waals surface area contributed by atoms with Crippen LogP contribution in [0.2, 0.25) is 0 Å². The Bertz CT molecular complexity index is 254. The van der Waals surface area contributed by atoms with E-state index < -0.39 is 11.7 Å². The van der Waals surface area contributed by atoms with E-state index in [1.807, 2.05) is 32.9 Å². The summed E-state index contributed by atoms with van der Waals surface area (Å²) in [4.78, 5) is 11.4. The van der Waals surface area contributed by atoms with E-state index in [0.29, 0.717) is 12.5 Å². The molecule has 0 aromatic heterocycles. The molecule has 0 aliphatic carbocycles. The molecule has 0 unspecified atom stereocenters. The number of carbonyl (C=O) groups excluding carboxylic acids is 1. The maximum atomic E-state index is 11.4. The van der Waals surface area contributed by atoms with E-state index in [4.69, 9.17) is 9.84 Å². The number of hydrogen-bond acceptors (Lipinski definition) is 3. The average molecular weight is 243 g/mol. The first-order valence-corrected chi connectivity index (χ1v) is 6.00. The number of rotatable bonds is 5. The van der Waals surface area contributed by atoms with Crippen molar-refractivity contribution in [1.29, 1.82) is 0 Å². The van der Waals surface area contributed by atoms with Crippen LogP contribution in [0.5, 0.6) is 0 Å². The highest BCUT2D eigenvalue weighted by Crippen LogP contribution is 2.07. The number of nitrogens with one attached hydrogen (secondary N) is 1. The van der Waals surface area contributed by atoms with Gasteiger partial charge < -0.3 is 15.2 Å². The lowest BCUT2D eigenvalue weighted by molar-refractivity contribution is 0.0518. The summed E-state index contributed by atoms with van der Waals surface area (Å²) in [6, 6.07) is 0. The van der Waals surface area contributed by atoms with Gasteiger partial charge in [-0.15, -0.1) is 0 Å². The Labute approximate surface area is 104 Å². The van der Waals surface area contributed by atoms with Gasteiger partial charge in [0.1, 0.15) is 5.60 Å². The maximum Gasteiger partial charge on any atom is 0.407 e. The molecule has 0 heterocycles. The Balaban J connectivity index is 4.03. The molecule has 0 radical (unpaired) electrons. The van der Waals surface area contributed by atoms with Gasteiger partial charge in [-0.2, -0.15) is 0 Å². The third-order valence-corrected chi connectivity index (χ3v) is 1.91. The molecule has 1 amide bonds. The zero-order valence-corrected chi connectivity index (χ0v) is 11.5. The van der Waals surface area contributed by atoms with E-state index in [1.54, 1.807) is 0 Å². The molecule has 0 aliphatic heterocycles. The molecule has 17 heavy (non-hydrogen) atoms. The van der Waals surface area contributed by atoms with E-state index in [2.05, 4.69) is 19.2 Å². The molecule has 2 N–H and O–H groups in total. The Morgan fingerprint density at radius 1 is 1.35 bits per heavy atom. The Kier molecular flexibility index (Phi) is 6.88. The first-order chi connectivity index (χ1) is 7.74. The van der Waals surface area contributed by atoms with Gasteiger partial charge in [0.05, 0.1) is 6.61 Å². The highest BCUT2D eigenvalue weighted by molar-refractivity contribution is 5.67. The summed E-state index contributed by atoms with van der Waals surface area (Å²) in [5, 5.41) is 11.8. The predicted octanol–water partition coefficient (Wildman–Crippen LogP) is 2.33. The highest BCUT2D eigenvalue weighted by atomic mass is 16.6. The molecule has 4 heteroatoms. The molecule has 0 saturated carbocycles. The minimum Gasteiger partial charge on any atom is -0.444 e. The molecule has 0 aromatic rings. The topological polar surface area (TPSA) is 58.6 Å². The quantitative estimate of drug-likeness (QED) is 0.729. The third-order valence-electron chi connectivity index (χ3n) is 1.91. The Hall–Kier alpha value is -1.03. The number of alkyl carbamates (subject to hydrolysis) is 1. The molecule has 100 valence electrons. The molecule has 0 fully saturated rings. The molecule has 0 bridgehead atoms. The van der Waals surface area contributed by atoms with E-state index in [9.17, 15) is 4.79 Å². The summed E-state index contributed by atoms with van der Waals surface area (Å²) in [6.45, 7) is 9.96. The number of aliphatic hydroxyl groups excluding tert-OH is 1. The van der Waals surface area contributed by atoms with Gasteiger partial charge in [0.2, 0.25) is 0 Å². The molecule has 0 saturated heterocycles. The summed E-state index contributed by atoms with van der Waals surface area (Å²) in [7, 11) is 0. The summed E-state index contributed by atoms with van der Waals surface area (Å²) in [5.41, 5.74) is -0.493. The SMILES string of the molecule is CC(C)/C=C/[C@@H](CO)CNC(=O)OC(C)(C)C. The lowest BCUT2D eigenvalue weighted by Gasteiger charge is -2.20. The van der Waals surface area contributed by atoms with Gasteiger partial charge in [0, 0.05) is 12.5 Å². The van der Waals surface area contributed by atoms with Gasteiger partial charge in [0.25, 0.3) is 0 Å². The highest BCUT2D eigenvalue weighted by Gasteiger charge is 2.16. The first-order valence-electron chi connectivity index (χ1n) is 6.00. The molecule has 1 atom stereocenters. The largest absolute Gasteiger partial charge is 0.444 e. The lowest BCUT2D eigenvalue weighted by Crippen LogP contribution is -2.35. The third kappa shape index (κ3) is 9.87. The van der Waals surface area contributed by atoms with Crippen LogP contribution < -0.4 is 5.32 Å². The van der Waals surface area contributed by atoms with Gasteiger partial charge >= 0.3 is 6.09 Å². The minimum atomic E-state index is -0.493. The standard InChI is InChI=1S/C13H25NO3/c1-10(2)6-7-11(9-15)8-14-12(16)17-13(3,4)5/h6-7,10-11,15H,8-9H2,1-5H3,(H,14,16)/b7-6+/t11-/m1/s1. The smallest absolute Gasteiger partial charge is 0.407 e. The number of hydrogen-bond donors (Lipinski definition) is 2. The number of allylic oxidation sites excluding steroid dienone is 1. The molecule has 0 spiro atoms. The minimum absolute atomic E-state index is 0.0129. The lowest BCUT2D eigenvalue weighted by atomic mass is 10.1. The monoisotopic (exact) mass is 243 g/mol. The van der Waals surface area contributed by atoms with Crippen LogP contribution in [0.15, 0.2) is 12.2 Å². The molecule has 4 nitrogen and oxygen atoms in total. The van der Waals surface area contributed by atoms with E-state index in [-0.39, 0.29) is 12.5 Å². The fourth-order valence-corrected chi connectivity index (χ4v) is 1.10. The van der Waals surface area contributed by atoms with Crippen molar-refractivity contribution < 1.29 is 14.6 Å². The van der Waals surface area contributed by atoms with Crippen molar-refractivity contribution in [3.63, 3.8) is 0 Å². The fourth-order valence-electron chi connectivity index (χ4n) is 1.10. The van der Waals surface area contributed by atoms with Crippen LogP contribution >= 0.6 is 0 Å². The van der Waals surface area contributed by atoms with Gasteiger partial charge in [-0.25, -0.2) is 4.79 Å². The van der Waals surface area contributed by atoms with Crippen molar-refractivity contribution >= 4 is 6.09 Å². The molecular weight excluding hydrogens is 218 g/mol. The predicted molar refractivity (Wildman–Crippen MR) is 68.8 cm³/mol. The van der Waals surface area contributed by atoms with Gasteiger partial charge in [-0.1, -0.05) is 26.0 Å². The van der Waals surface area contributed by atoms with E-state index in [0.717, 1.165) is 0 Å². The fraction of sp³-hybridized carbons (Fsp3) is 0.769. The Morgan fingerprint density at radius 2 is 1.94 bits per heavy atom. The summed E-state index contributed by atoms with van der Waals surface area (Å²) < 4.78 is 5.10. The normalized spacial score (nSPS) is 14.1. The van der Waals surface area contributed by atoms with Crippen molar-refractivity contribution in [3.8, 4) is 0 Å². The van der Waals surface area contributed by atoms with Crippen LogP contribution in [-0.2, 0) is 4.74 Å². The average Bonchev–Trinajstić information content (AvgIpc) is 2.14. The van der Waals surface area contributed by atoms with Gasteiger partial charge in [0.15, 0.2) is 0 Å². The number of amides is 1. The van der Waals surface area contributed by atoms with Crippen LogP contribution in [0.1, 0.15) is 34.6 Å². The number of aliphatic hydroxyl groups is 1. The van der Waals surface area contributed by atoms with Gasteiger partial charge in [-0.3, -0.25) is 0 Å². The Morgan fingerprint density at radius 3 is 2.35 bits per heavy atom. The molecule has 0 rings (SSSR count). The van der Waals surface area contributed by atoms with Crippen molar-refractivity contribution in [2.24, 2.45) is 11.8 Å².